The largest absolute Gasteiger partial charge is 0.273 e. The van der Waals surface area contributed by atoms with Crippen molar-refractivity contribution in [2.75, 3.05) is 4.72 Å². The number of hydrogen-bond donors (Lipinski definition) is 1. The summed E-state index contributed by atoms with van der Waals surface area (Å²) in [5.41, 5.74) is 0. The van der Waals surface area contributed by atoms with Gasteiger partial charge in [0.25, 0.3) is 0 Å². The van der Waals surface area contributed by atoms with Crippen LogP contribution < -0.4 is 9.22 Å². The lowest BCUT2D eigenvalue weighted by molar-refractivity contribution is 0.566. The van der Waals surface area contributed by atoms with E-state index in [1.807, 2.05) is 6.07 Å². The zero-order chi connectivity index (χ0) is 14.4. The molecule has 0 saturated heterocycles. The molecule has 1 heterocycles. The van der Waals surface area contributed by atoms with Crippen molar-refractivity contribution in [3.63, 3.8) is 0 Å². The maximum atomic E-state index is 12.1. The van der Waals surface area contributed by atoms with Crippen molar-refractivity contribution in [1.82, 2.24) is 0 Å². The van der Waals surface area contributed by atoms with Crippen LogP contribution >= 0.6 is 27.3 Å². The number of rotatable bonds is 3. The molecule has 0 amide bonds. The molecule has 1 rings (SSSR count). The van der Waals surface area contributed by atoms with Gasteiger partial charge in [0.1, 0.15) is 5.00 Å². The van der Waals surface area contributed by atoms with Crippen molar-refractivity contribution in [3.8, 4) is 0 Å². The predicted octanol–water partition coefficient (Wildman–Crippen LogP) is 3.60. The lowest BCUT2D eigenvalue weighted by atomic mass is 10.3. The highest BCUT2D eigenvalue weighted by Gasteiger charge is 2.31. The van der Waals surface area contributed by atoms with Crippen molar-refractivity contribution in [1.29, 1.82) is 0 Å². The number of hydrogen-bond acceptors (Lipinski definition) is 3. The molecule has 0 aliphatic carbocycles. The van der Waals surface area contributed by atoms with E-state index in [0.717, 1.165) is 4.47 Å². The lowest BCUT2D eigenvalue weighted by Crippen LogP contribution is -2.35. The molecule has 1 aromatic heterocycles. The number of sulfonamides is 1. The number of anilines is 1. The van der Waals surface area contributed by atoms with E-state index in [1.54, 1.807) is 20.8 Å². The van der Waals surface area contributed by atoms with Crippen LogP contribution in [0.25, 0.3) is 0 Å². The average Bonchev–Trinajstić information content (AvgIpc) is 2.44. The van der Waals surface area contributed by atoms with Gasteiger partial charge in [0.2, 0.25) is 10.0 Å². The Bertz CT molecular complexity index is 538. The second kappa shape index (κ2) is 4.92. The molecule has 0 aliphatic heterocycles. The fourth-order valence-corrected chi connectivity index (χ4v) is 5.97. The van der Waals surface area contributed by atoms with Gasteiger partial charge in [0.05, 0.1) is 17.3 Å². The Kier molecular flexibility index (Phi) is 4.43. The maximum Gasteiger partial charge on any atom is 0.238 e. The first-order chi connectivity index (χ1) is 7.84. The Morgan fingerprint density at radius 2 is 1.78 bits per heavy atom. The SMILES string of the molecule is CC(C)(C)S(=O)(=O)Nc1sc([Si](C)(C)C)cc1Br. The van der Waals surface area contributed by atoms with E-state index in [2.05, 4.69) is 40.3 Å². The summed E-state index contributed by atoms with van der Waals surface area (Å²) in [6.07, 6.45) is 0. The number of nitrogens with one attached hydrogen (secondary N) is 1. The van der Waals surface area contributed by atoms with Crippen LogP contribution in [-0.4, -0.2) is 21.2 Å². The third-order valence-corrected chi connectivity index (χ3v) is 10.2. The molecule has 3 nitrogen and oxygen atoms in total. The molecule has 1 aromatic rings. The number of thiophene rings is 1. The van der Waals surface area contributed by atoms with Crippen LogP contribution in [-0.2, 0) is 10.0 Å². The minimum Gasteiger partial charge on any atom is -0.273 e. The minimum absolute atomic E-state index is 0.683. The van der Waals surface area contributed by atoms with Gasteiger partial charge < -0.3 is 0 Å². The lowest BCUT2D eigenvalue weighted by Gasteiger charge is -2.20. The Labute approximate surface area is 123 Å². The van der Waals surface area contributed by atoms with Crippen molar-refractivity contribution in [2.24, 2.45) is 0 Å². The highest BCUT2D eigenvalue weighted by molar-refractivity contribution is 9.10. The van der Waals surface area contributed by atoms with Gasteiger partial charge in [-0.15, -0.1) is 11.3 Å². The fraction of sp³-hybridized carbons (Fsp3) is 0.636. The molecule has 0 saturated carbocycles. The van der Waals surface area contributed by atoms with E-state index >= 15 is 0 Å². The van der Waals surface area contributed by atoms with E-state index in [4.69, 9.17) is 0 Å². The molecule has 7 heteroatoms. The van der Waals surface area contributed by atoms with E-state index in [1.165, 1.54) is 15.8 Å². The van der Waals surface area contributed by atoms with Gasteiger partial charge in [-0.05, 0) is 47.3 Å². The molecule has 18 heavy (non-hydrogen) atoms. The van der Waals surface area contributed by atoms with Gasteiger partial charge >= 0.3 is 0 Å². The van der Waals surface area contributed by atoms with Crippen molar-refractivity contribution < 1.29 is 8.42 Å². The monoisotopic (exact) mass is 369 g/mol. The quantitative estimate of drug-likeness (QED) is 0.827. The molecule has 0 radical (unpaired) electrons. The maximum absolute atomic E-state index is 12.1. The van der Waals surface area contributed by atoms with Crippen molar-refractivity contribution in [3.05, 3.63) is 10.5 Å². The Hall–Kier alpha value is 0.147. The van der Waals surface area contributed by atoms with Crippen LogP contribution in [0.1, 0.15) is 20.8 Å². The van der Waals surface area contributed by atoms with Gasteiger partial charge in [-0.3, -0.25) is 4.72 Å². The van der Waals surface area contributed by atoms with Crippen molar-refractivity contribution in [2.45, 2.75) is 45.2 Å². The summed E-state index contributed by atoms with van der Waals surface area (Å²) in [5.74, 6) is 0. The normalized spacial score (nSPS) is 13.7. The average molecular weight is 370 g/mol. The molecule has 0 unspecified atom stereocenters. The third-order valence-electron chi connectivity index (χ3n) is 2.46. The summed E-state index contributed by atoms with van der Waals surface area (Å²) in [6.45, 7) is 11.8. The van der Waals surface area contributed by atoms with E-state index in [9.17, 15) is 8.42 Å². The first-order valence-electron chi connectivity index (χ1n) is 5.67. The van der Waals surface area contributed by atoms with E-state index in [-0.39, 0.29) is 0 Å². The van der Waals surface area contributed by atoms with Crippen molar-refractivity contribution >= 4 is 54.9 Å². The topological polar surface area (TPSA) is 46.2 Å². The first-order valence-corrected chi connectivity index (χ1v) is 12.3. The van der Waals surface area contributed by atoms with E-state index < -0.39 is 22.8 Å². The van der Waals surface area contributed by atoms with Crippen LogP contribution in [0.3, 0.4) is 0 Å². The van der Waals surface area contributed by atoms with Gasteiger partial charge in [-0.1, -0.05) is 19.6 Å². The summed E-state index contributed by atoms with van der Waals surface area (Å²) >= 11 is 4.97. The van der Waals surface area contributed by atoms with Gasteiger partial charge in [-0.25, -0.2) is 8.42 Å². The Balaban J connectivity index is 3.12. The standard InChI is InChI=1S/C11H20BrNO2S2Si/c1-11(2,3)17(14,15)13-10-8(12)7-9(16-10)18(4,5)6/h7,13H,1-6H3. The summed E-state index contributed by atoms with van der Waals surface area (Å²) in [4.78, 5) is 0. The van der Waals surface area contributed by atoms with Crippen LogP contribution in [0, 0.1) is 0 Å². The summed E-state index contributed by atoms with van der Waals surface area (Å²) in [7, 11) is -4.77. The summed E-state index contributed by atoms with van der Waals surface area (Å²) in [5, 5.41) is 0.683. The molecule has 1 N–H and O–H groups in total. The molecule has 0 atom stereocenters. The predicted molar refractivity (Wildman–Crippen MR) is 87.3 cm³/mol. The van der Waals surface area contributed by atoms with Crippen LogP contribution in [0.2, 0.25) is 19.6 Å². The smallest absolute Gasteiger partial charge is 0.238 e. The van der Waals surface area contributed by atoms with Crippen LogP contribution in [0.4, 0.5) is 5.00 Å². The fourth-order valence-electron chi connectivity index (χ4n) is 1.08. The van der Waals surface area contributed by atoms with Gasteiger partial charge in [0, 0.05) is 0 Å². The molecule has 0 aliphatic rings. The highest BCUT2D eigenvalue weighted by Crippen LogP contribution is 2.32. The van der Waals surface area contributed by atoms with Gasteiger partial charge in [0.15, 0.2) is 0 Å². The molecule has 0 bridgehead atoms. The van der Waals surface area contributed by atoms with E-state index in [0.29, 0.717) is 5.00 Å². The molecular weight excluding hydrogens is 350 g/mol. The summed E-state index contributed by atoms with van der Waals surface area (Å²) < 4.78 is 28.2. The second-order valence-electron chi connectivity index (χ2n) is 6.26. The number of halogens is 1. The van der Waals surface area contributed by atoms with Crippen LogP contribution in [0.5, 0.6) is 0 Å². The molecule has 0 fully saturated rings. The first kappa shape index (κ1) is 16.2. The minimum atomic E-state index is -3.36. The summed E-state index contributed by atoms with van der Waals surface area (Å²) in [6, 6.07) is 2.04. The van der Waals surface area contributed by atoms with Crippen LogP contribution in [0.15, 0.2) is 10.5 Å². The second-order valence-corrected chi connectivity index (χ2v) is 16.0. The zero-order valence-electron chi connectivity index (χ0n) is 11.6. The van der Waals surface area contributed by atoms with Gasteiger partial charge in [-0.2, -0.15) is 0 Å². The Morgan fingerprint density at radius 1 is 1.28 bits per heavy atom. The molecule has 0 aromatic carbocycles. The molecule has 0 spiro atoms. The Morgan fingerprint density at radius 3 is 2.11 bits per heavy atom. The molecular formula is C11H20BrNO2S2Si. The zero-order valence-corrected chi connectivity index (χ0v) is 15.8. The molecule has 104 valence electrons. The third kappa shape index (κ3) is 3.58. The highest BCUT2D eigenvalue weighted by atomic mass is 79.9.